The van der Waals surface area contributed by atoms with Crippen molar-refractivity contribution in [3.63, 3.8) is 0 Å². The second kappa shape index (κ2) is 6.21. The zero-order valence-corrected chi connectivity index (χ0v) is 12.2. The minimum Gasteiger partial charge on any atom is -0.350 e. The van der Waals surface area contributed by atoms with Crippen LogP contribution >= 0.6 is 0 Å². The fourth-order valence-electron chi connectivity index (χ4n) is 2.05. The predicted molar refractivity (Wildman–Crippen MR) is 80.5 cm³/mol. The number of carbonyl (C=O) groups excluding carboxylic acids is 1. The van der Waals surface area contributed by atoms with E-state index in [0.717, 1.165) is 16.8 Å². The summed E-state index contributed by atoms with van der Waals surface area (Å²) in [5, 5.41) is 11.0. The molecule has 0 aliphatic heterocycles. The summed E-state index contributed by atoms with van der Waals surface area (Å²) >= 11 is 0. The van der Waals surface area contributed by atoms with E-state index in [-0.39, 0.29) is 12.5 Å². The van der Waals surface area contributed by atoms with Crippen LogP contribution in [-0.2, 0) is 24.9 Å². The number of pyridine rings is 1. The van der Waals surface area contributed by atoms with Crippen LogP contribution in [0, 0.1) is 0 Å². The van der Waals surface area contributed by atoms with Gasteiger partial charge in [-0.3, -0.25) is 19.1 Å². The van der Waals surface area contributed by atoms with E-state index in [0.29, 0.717) is 6.54 Å². The second-order valence-corrected chi connectivity index (χ2v) is 4.93. The molecule has 1 amide bonds. The third-order valence-electron chi connectivity index (χ3n) is 3.18. The van der Waals surface area contributed by atoms with Crippen molar-refractivity contribution in [2.45, 2.75) is 13.1 Å². The van der Waals surface area contributed by atoms with Crippen molar-refractivity contribution in [2.75, 3.05) is 0 Å². The summed E-state index contributed by atoms with van der Waals surface area (Å²) in [7, 11) is 1.87. The van der Waals surface area contributed by atoms with Crippen LogP contribution in [0.15, 0.2) is 49.2 Å². The first-order valence-corrected chi connectivity index (χ1v) is 6.89. The highest BCUT2D eigenvalue weighted by Gasteiger charge is 2.05. The smallest absolute Gasteiger partial charge is 0.241 e. The van der Waals surface area contributed by atoms with Gasteiger partial charge in [-0.2, -0.15) is 10.2 Å². The summed E-state index contributed by atoms with van der Waals surface area (Å²) in [4.78, 5) is 16.2. The maximum absolute atomic E-state index is 11.8. The van der Waals surface area contributed by atoms with E-state index >= 15 is 0 Å². The highest BCUT2D eigenvalue weighted by Crippen LogP contribution is 2.15. The molecule has 0 saturated heterocycles. The number of rotatable bonds is 5. The first-order valence-electron chi connectivity index (χ1n) is 6.89. The Morgan fingerprint density at radius 2 is 2.18 bits per heavy atom. The molecule has 0 unspecified atom stereocenters. The molecular weight excluding hydrogens is 280 g/mol. The Kier molecular flexibility index (Phi) is 3.95. The topological polar surface area (TPSA) is 77.6 Å². The Labute approximate surface area is 127 Å². The molecule has 0 bridgehead atoms. The lowest BCUT2D eigenvalue weighted by Gasteiger charge is -2.06. The van der Waals surface area contributed by atoms with Crippen LogP contribution in [0.5, 0.6) is 0 Å². The Morgan fingerprint density at radius 3 is 2.82 bits per heavy atom. The van der Waals surface area contributed by atoms with Gasteiger partial charge in [0.15, 0.2) is 0 Å². The van der Waals surface area contributed by atoms with Gasteiger partial charge in [0.1, 0.15) is 6.54 Å². The van der Waals surface area contributed by atoms with E-state index in [9.17, 15) is 4.79 Å². The molecule has 0 spiro atoms. The normalized spacial score (nSPS) is 10.6. The van der Waals surface area contributed by atoms with Gasteiger partial charge < -0.3 is 5.32 Å². The van der Waals surface area contributed by atoms with E-state index in [1.165, 1.54) is 0 Å². The van der Waals surface area contributed by atoms with Gasteiger partial charge in [-0.15, -0.1) is 0 Å². The summed E-state index contributed by atoms with van der Waals surface area (Å²) in [6.07, 6.45) is 8.84. The molecular formula is C15H16N6O. The van der Waals surface area contributed by atoms with Gasteiger partial charge in [-0.05, 0) is 17.7 Å². The fraction of sp³-hybridized carbons (Fsp3) is 0.200. The summed E-state index contributed by atoms with van der Waals surface area (Å²) < 4.78 is 3.32. The van der Waals surface area contributed by atoms with Gasteiger partial charge in [0.2, 0.25) is 5.91 Å². The van der Waals surface area contributed by atoms with Gasteiger partial charge in [0, 0.05) is 43.9 Å². The van der Waals surface area contributed by atoms with Crippen LogP contribution < -0.4 is 5.32 Å². The number of aromatic nitrogens is 5. The average molecular weight is 296 g/mol. The summed E-state index contributed by atoms with van der Waals surface area (Å²) in [5.74, 6) is -0.0833. The maximum atomic E-state index is 11.8. The quantitative estimate of drug-likeness (QED) is 0.762. The maximum Gasteiger partial charge on any atom is 0.241 e. The van der Waals surface area contributed by atoms with Gasteiger partial charge in [-0.25, -0.2) is 0 Å². The number of amides is 1. The molecule has 3 aromatic heterocycles. The molecule has 112 valence electrons. The van der Waals surface area contributed by atoms with Crippen LogP contribution in [0.2, 0.25) is 0 Å². The van der Waals surface area contributed by atoms with Crippen molar-refractivity contribution in [2.24, 2.45) is 7.05 Å². The van der Waals surface area contributed by atoms with E-state index in [1.54, 1.807) is 40.2 Å². The van der Waals surface area contributed by atoms with Crippen molar-refractivity contribution in [3.05, 3.63) is 54.7 Å². The van der Waals surface area contributed by atoms with Gasteiger partial charge in [-0.1, -0.05) is 6.07 Å². The monoisotopic (exact) mass is 296 g/mol. The number of hydrogen-bond acceptors (Lipinski definition) is 4. The van der Waals surface area contributed by atoms with Crippen LogP contribution in [0.25, 0.3) is 11.3 Å². The Balaban J connectivity index is 1.56. The molecule has 7 heteroatoms. The molecule has 1 N–H and O–H groups in total. The Bertz CT molecular complexity index is 745. The lowest BCUT2D eigenvalue weighted by Crippen LogP contribution is -2.27. The summed E-state index contributed by atoms with van der Waals surface area (Å²) in [6.45, 7) is 0.661. The predicted octanol–water partition coefficient (Wildman–Crippen LogP) is 0.995. The number of nitrogens with zero attached hydrogens (tertiary/aromatic N) is 5. The zero-order valence-electron chi connectivity index (χ0n) is 12.2. The molecule has 0 aliphatic rings. The molecule has 0 radical (unpaired) electrons. The molecule has 22 heavy (non-hydrogen) atoms. The molecule has 3 heterocycles. The molecule has 0 saturated carbocycles. The summed E-state index contributed by atoms with van der Waals surface area (Å²) in [5.41, 5.74) is 2.78. The minimum absolute atomic E-state index is 0.0833. The van der Waals surface area contributed by atoms with Crippen molar-refractivity contribution in [1.29, 1.82) is 0 Å². The highest BCUT2D eigenvalue weighted by atomic mass is 16.2. The number of aryl methyl sites for hydroxylation is 1. The van der Waals surface area contributed by atoms with Crippen LogP contribution in [0.1, 0.15) is 5.56 Å². The second-order valence-electron chi connectivity index (χ2n) is 4.93. The van der Waals surface area contributed by atoms with Gasteiger partial charge in [0.25, 0.3) is 0 Å². The first-order chi connectivity index (χ1) is 10.7. The third kappa shape index (κ3) is 3.38. The van der Waals surface area contributed by atoms with Crippen LogP contribution in [-0.4, -0.2) is 30.5 Å². The first kappa shape index (κ1) is 14.0. The van der Waals surface area contributed by atoms with E-state index in [4.69, 9.17) is 0 Å². The number of hydrogen-bond donors (Lipinski definition) is 1. The largest absolute Gasteiger partial charge is 0.350 e. The van der Waals surface area contributed by atoms with Gasteiger partial charge >= 0.3 is 0 Å². The minimum atomic E-state index is -0.0833. The molecule has 3 rings (SSSR count). The summed E-state index contributed by atoms with van der Waals surface area (Å²) in [6, 6.07) is 5.66. The molecule has 0 atom stereocenters. The van der Waals surface area contributed by atoms with Crippen molar-refractivity contribution in [3.8, 4) is 11.3 Å². The molecule has 0 fully saturated rings. The lowest BCUT2D eigenvalue weighted by molar-refractivity contribution is -0.122. The zero-order chi connectivity index (χ0) is 15.4. The number of carbonyl (C=O) groups is 1. The molecule has 3 aromatic rings. The van der Waals surface area contributed by atoms with Crippen LogP contribution in [0.3, 0.4) is 0 Å². The highest BCUT2D eigenvalue weighted by molar-refractivity contribution is 5.75. The third-order valence-corrected chi connectivity index (χ3v) is 3.18. The SMILES string of the molecule is Cn1cc(-c2ccc(CNC(=O)Cn3cccn3)cn2)cn1. The standard InChI is InChI=1S/C15H16N6O/c1-20-10-13(9-19-20)14-4-3-12(7-16-14)8-17-15(22)11-21-6-2-5-18-21/h2-7,9-10H,8,11H2,1H3,(H,17,22). The lowest BCUT2D eigenvalue weighted by atomic mass is 10.2. The average Bonchev–Trinajstić information content (AvgIpc) is 3.17. The molecule has 0 aromatic carbocycles. The molecule has 7 nitrogen and oxygen atoms in total. The van der Waals surface area contributed by atoms with Crippen molar-refractivity contribution >= 4 is 5.91 Å². The van der Waals surface area contributed by atoms with E-state index in [1.807, 2.05) is 25.4 Å². The van der Waals surface area contributed by atoms with E-state index in [2.05, 4.69) is 20.5 Å². The van der Waals surface area contributed by atoms with Crippen molar-refractivity contribution < 1.29 is 4.79 Å². The Morgan fingerprint density at radius 1 is 1.27 bits per heavy atom. The van der Waals surface area contributed by atoms with E-state index < -0.39 is 0 Å². The molecule has 0 aliphatic carbocycles. The number of nitrogens with one attached hydrogen (secondary N) is 1. The van der Waals surface area contributed by atoms with Crippen LogP contribution in [0.4, 0.5) is 0 Å². The van der Waals surface area contributed by atoms with Gasteiger partial charge in [0.05, 0.1) is 11.9 Å². The van der Waals surface area contributed by atoms with Crippen molar-refractivity contribution in [1.82, 2.24) is 29.9 Å². The fourth-order valence-corrected chi connectivity index (χ4v) is 2.05. The Hall–Kier alpha value is -2.96.